The Balaban J connectivity index is 0.951. The number of carbonyl (C=O) groups excluding carboxylic acids is 4. The molecule has 0 aliphatic carbocycles. The van der Waals surface area contributed by atoms with Gasteiger partial charge in [-0.1, -0.05) is 30.3 Å². The van der Waals surface area contributed by atoms with E-state index in [0.717, 1.165) is 5.56 Å². The molecule has 2 aromatic carbocycles. The maximum Gasteiger partial charge on any atom is 0.414 e. The predicted octanol–water partition coefficient (Wildman–Crippen LogP) is 2.20. The molecule has 238 valence electrons. The summed E-state index contributed by atoms with van der Waals surface area (Å²) in [5, 5.41) is 5.19. The van der Waals surface area contributed by atoms with Crippen LogP contribution in [0.25, 0.3) is 5.65 Å². The number of alkyl carbamates (subject to hydrolysis) is 1. The Morgan fingerprint density at radius 3 is 2.61 bits per heavy atom. The highest BCUT2D eigenvalue weighted by atomic mass is 19.1. The molecule has 2 aliphatic heterocycles. The zero-order valence-corrected chi connectivity index (χ0v) is 24.7. The van der Waals surface area contributed by atoms with Crippen molar-refractivity contribution in [1.29, 1.82) is 0 Å². The van der Waals surface area contributed by atoms with Crippen LogP contribution in [0.2, 0.25) is 0 Å². The lowest BCUT2D eigenvalue weighted by atomic mass is 10.2. The maximum absolute atomic E-state index is 15.3. The molecule has 0 bridgehead atoms. The second kappa shape index (κ2) is 13.5. The van der Waals surface area contributed by atoms with Crippen molar-refractivity contribution >= 4 is 41.0 Å². The first kappa shape index (κ1) is 30.3. The summed E-state index contributed by atoms with van der Waals surface area (Å²) < 4.78 is 27.4. The van der Waals surface area contributed by atoms with Gasteiger partial charge >= 0.3 is 12.2 Å². The number of cyclic esters (lactones) is 1. The van der Waals surface area contributed by atoms with E-state index >= 15 is 4.39 Å². The first-order chi connectivity index (χ1) is 22.3. The Morgan fingerprint density at radius 1 is 1.04 bits per heavy atom. The Labute approximate surface area is 262 Å². The van der Waals surface area contributed by atoms with Gasteiger partial charge in [0.2, 0.25) is 5.91 Å². The van der Waals surface area contributed by atoms with Crippen LogP contribution in [0.15, 0.2) is 73.3 Å². The number of rotatable bonds is 9. The van der Waals surface area contributed by atoms with Gasteiger partial charge in [0.1, 0.15) is 24.2 Å². The van der Waals surface area contributed by atoms with Gasteiger partial charge in [-0.2, -0.15) is 0 Å². The number of piperazine rings is 1. The summed E-state index contributed by atoms with van der Waals surface area (Å²) in [5.74, 6) is -1.25. The number of anilines is 2. The number of carbonyl (C=O) groups is 4. The van der Waals surface area contributed by atoms with Crippen molar-refractivity contribution in [2.24, 2.45) is 0 Å². The number of nitrogens with one attached hydrogen (secondary N) is 2. The molecule has 0 radical (unpaired) electrons. The minimum atomic E-state index is -0.644. The molecule has 14 nitrogen and oxygen atoms in total. The maximum atomic E-state index is 15.3. The summed E-state index contributed by atoms with van der Waals surface area (Å²) in [6.07, 6.45) is 4.42. The van der Waals surface area contributed by atoms with E-state index < -0.39 is 30.0 Å². The molecular formula is C31H31FN8O6. The van der Waals surface area contributed by atoms with E-state index in [1.807, 2.05) is 35.2 Å². The highest BCUT2D eigenvalue weighted by molar-refractivity contribution is 5.95. The van der Waals surface area contributed by atoms with Crippen LogP contribution < -0.4 is 20.4 Å². The zero-order chi connectivity index (χ0) is 32.0. The van der Waals surface area contributed by atoms with Crippen molar-refractivity contribution in [2.45, 2.75) is 12.7 Å². The second-order valence-corrected chi connectivity index (χ2v) is 10.7. The summed E-state index contributed by atoms with van der Waals surface area (Å²) in [6.45, 7) is 1.55. The normalized spacial score (nSPS) is 16.3. The molecule has 0 unspecified atom stereocenters. The minimum absolute atomic E-state index is 0.0430. The van der Waals surface area contributed by atoms with Gasteiger partial charge in [0.05, 0.1) is 37.2 Å². The lowest BCUT2D eigenvalue weighted by Gasteiger charge is -2.36. The zero-order valence-electron chi connectivity index (χ0n) is 24.7. The van der Waals surface area contributed by atoms with E-state index in [1.54, 1.807) is 40.0 Å². The van der Waals surface area contributed by atoms with Crippen molar-refractivity contribution in [3.05, 3.63) is 90.4 Å². The third kappa shape index (κ3) is 6.98. The quantitative estimate of drug-likeness (QED) is 0.284. The number of ether oxygens (including phenoxy) is 2. The third-order valence-corrected chi connectivity index (χ3v) is 7.67. The van der Waals surface area contributed by atoms with Gasteiger partial charge in [-0.3, -0.25) is 19.5 Å². The lowest BCUT2D eigenvalue weighted by molar-refractivity contribution is -0.130. The summed E-state index contributed by atoms with van der Waals surface area (Å²) in [6, 6.07) is 13.7. The number of hydrogen-bond acceptors (Lipinski definition) is 9. The average Bonchev–Trinajstić information content (AvgIpc) is 3.69. The van der Waals surface area contributed by atoms with Crippen LogP contribution >= 0.6 is 0 Å². The smallest absolute Gasteiger partial charge is 0.414 e. The molecule has 1 atom stereocenters. The molecule has 4 heterocycles. The van der Waals surface area contributed by atoms with E-state index in [1.165, 1.54) is 17.2 Å². The molecule has 46 heavy (non-hydrogen) atoms. The number of benzene rings is 2. The molecule has 2 aliphatic rings. The molecule has 2 aromatic heterocycles. The third-order valence-electron chi connectivity index (χ3n) is 7.67. The Hall–Kier alpha value is -5.73. The Morgan fingerprint density at radius 2 is 1.85 bits per heavy atom. The van der Waals surface area contributed by atoms with E-state index in [-0.39, 0.29) is 37.8 Å². The fourth-order valence-corrected chi connectivity index (χ4v) is 5.24. The topological polar surface area (TPSA) is 151 Å². The minimum Gasteiger partial charge on any atom is -0.445 e. The second-order valence-electron chi connectivity index (χ2n) is 10.7. The fraction of sp³-hybridized carbons (Fsp3) is 0.290. The van der Waals surface area contributed by atoms with Crippen LogP contribution in [-0.2, 0) is 20.9 Å². The van der Waals surface area contributed by atoms with Crippen molar-refractivity contribution in [2.75, 3.05) is 55.6 Å². The van der Waals surface area contributed by atoms with Crippen LogP contribution in [0.3, 0.4) is 0 Å². The Kier molecular flexibility index (Phi) is 8.89. The first-order valence-corrected chi connectivity index (χ1v) is 14.7. The van der Waals surface area contributed by atoms with Crippen molar-refractivity contribution in [1.82, 2.24) is 29.9 Å². The summed E-state index contributed by atoms with van der Waals surface area (Å²) in [5.41, 5.74) is 2.21. The molecular weight excluding hydrogens is 599 g/mol. The van der Waals surface area contributed by atoms with Crippen LogP contribution in [0.4, 0.5) is 25.4 Å². The standard InChI is InChI=1S/C31H31FN8O6/c32-24-14-22(40-18-23(46-31(40)44)15-35-30(43)45-20-21-4-2-1-3-5-21)6-7-26(24)37-10-12-38(13-11-37)28(41)17-34-29(42)25-19-39-9-8-33-16-27(39)36-25/h1-9,14,16,19,23H,10-13,15,17-18,20H2,(H,34,42)(H,35,43)/t23-/m0/s1. The van der Waals surface area contributed by atoms with Crippen LogP contribution in [-0.4, -0.2) is 95.2 Å². The molecule has 0 spiro atoms. The molecule has 4 aromatic rings. The van der Waals surface area contributed by atoms with Gasteiger partial charge in [-0.15, -0.1) is 0 Å². The largest absolute Gasteiger partial charge is 0.445 e. The molecule has 0 saturated carbocycles. The first-order valence-electron chi connectivity index (χ1n) is 14.7. The van der Waals surface area contributed by atoms with Gasteiger partial charge in [-0.05, 0) is 23.8 Å². The average molecular weight is 631 g/mol. The molecule has 15 heteroatoms. The van der Waals surface area contributed by atoms with Crippen LogP contribution in [0.5, 0.6) is 0 Å². The van der Waals surface area contributed by atoms with Crippen LogP contribution in [0.1, 0.15) is 16.1 Å². The molecule has 2 fully saturated rings. The number of amides is 4. The van der Waals surface area contributed by atoms with Gasteiger partial charge in [-0.25, -0.2) is 19.0 Å². The van der Waals surface area contributed by atoms with E-state index in [4.69, 9.17) is 9.47 Å². The van der Waals surface area contributed by atoms with Gasteiger partial charge in [0.15, 0.2) is 5.65 Å². The van der Waals surface area contributed by atoms with Crippen molar-refractivity contribution < 1.29 is 33.0 Å². The van der Waals surface area contributed by atoms with Crippen molar-refractivity contribution in [3.63, 3.8) is 0 Å². The van der Waals surface area contributed by atoms with E-state index in [9.17, 15) is 19.2 Å². The van der Waals surface area contributed by atoms with E-state index in [0.29, 0.717) is 43.2 Å². The predicted molar refractivity (Wildman–Crippen MR) is 163 cm³/mol. The lowest BCUT2D eigenvalue weighted by Crippen LogP contribution is -2.51. The van der Waals surface area contributed by atoms with Gasteiger partial charge < -0.3 is 34.3 Å². The SMILES string of the molecule is O=C(NC[C@H]1CN(c2ccc(N3CCN(C(=O)CNC(=O)c4cn5ccncc5n4)CC3)c(F)c2)C(=O)O1)OCc1ccccc1. The number of fused-ring (bicyclic) bond motifs is 1. The number of halogens is 1. The summed E-state index contributed by atoms with van der Waals surface area (Å²) >= 11 is 0. The fourth-order valence-electron chi connectivity index (χ4n) is 5.24. The molecule has 4 amide bonds. The number of imidazole rings is 1. The van der Waals surface area contributed by atoms with Crippen LogP contribution in [0, 0.1) is 5.82 Å². The Bertz CT molecular complexity index is 1710. The highest BCUT2D eigenvalue weighted by Crippen LogP contribution is 2.28. The number of nitrogens with zero attached hydrogens (tertiary/aromatic N) is 6. The summed E-state index contributed by atoms with van der Waals surface area (Å²) in [7, 11) is 0. The van der Waals surface area contributed by atoms with Crippen molar-refractivity contribution in [3.8, 4) is 0 Å². The molecule has 2 saturated heterocycles. The highest BCUT2D eigenvalue weighted by Gasteiger charge is 2.33. The monoisotopic (exact) mass is 630 g/mol. The number of hydrogen-bond donors (Lipinski definition) is 2. The van der Waals surface area contributed by atoms with E-state index in [2.05, 4.69) is 20.6 Å². The van der Waals surface area contributed by atoms with Gasteiger partial charge in [0.25, 0.3) is 5.91 Å². The molecule has 2 N–H and O–H groups in total. The molecule has 6 rings (SSSR count). The number of aromatic nitrogens is 3. The van der Waals surface area contributed by atoms with Gasteiger partial charge in [0, 0.05) is 44.8 Å². The summed E-state index contributed by atoms with van der Waals surface area (Å²) in [4.78, 5) is 62.7.